The minimum atomic E-state index is -0.222. The number of nitrogens with two attached hydrogens (primary N) is 1. The van der Waals surface area contributed by atoms with E-state index >= 15 is 0 Å². The normalized spacial score (nSPS) is 12.5. The van der Waals surface area contributed by atoms with Crippen LogP contribution in [0.25, 0.3) is 0 Å². The number of benzene rings is 1. The summed E-state index contributed by atoms with van der Waals surface area (Å²) in [4.78, 5) is 10.9. The van der Waals surface area contributed by atoms with Crippen molar-refractivity contribution in [3.05, 3.63) is 27.3 Å². The molecule has 0 radical (unpaired) electrons. The Morgan fingerprint density at radius 1 is 1.62 bits per heavy atom. The fourth-order valence-corrected chi connectivity index (χ4v) is 2.65. The average molecular weight is 354 g/mol. The summed E-state index contributed by atoms with van der Waals surface area (Å²) < 4.78 is 1.01. The molecule has 1 aromatic rings. The van der Waals surface area contributed by atoms with Gasteiger partial charge in [-0.3, -0.25) is 4.79 Å². The lowest BCUT2D eigenvalue weighted by molar-refractivity contribution is -0.116. The first-order valence-corrected chi connectivity index (χ1v) is 5.71. The molecule has 70 valence electrons. The van der Waals surface area contributed by atoms with E-state index in [0.717, 1.165) is 14.8 Å². The van der Waals surface area contributed by atoms with E-state index in [1.165, 1.54) is 0 Å². The van der Waals surface area contributed by atoms with E-state index in [1.54, 1.807) is 13.0 Å². The van der Waals surface area contributed by atoms with Crippen LogP contribution in [0, 0.1) is 3.57 Å². The van der Waals surface area contributed by atoms with Crippen LogP contribution >= 0.6 is 38.5 Å². The number of nitrogen functional groups attached to an aromatic ring is 1. The smallest absolute Gasteiger partial charge is 0.147 e. The van der Waals surface area contributed by atoms with Gasteiger partial charge in [-0.1, -0.05) is 22.0 Å². The van der Waals surface area contributed by atoms with Crippen molar-refractivity contribution in [1.29, 1.82) is 0 Å². The highest BCUT2D eigenvalue weighted by atomic mass is 127. The first-order valence-electron chi connectivity index (χ1n) is 3.72. The molecular formula is C9H9BrINO. The van der Waals surface area contributed by atoms with Crippen molar-refractivity contribution in [3.63, 3.8) is 0 Å². The molecule has 2 N–H and O–H groups in total. The van der Waals surface area contributed by atoms with Gasteiger partial charge in [0.15, 0.2) is 0 Å². The van der Waals surface area contributed by atoms with Crippen LogP contribution in [0.15, 0.2) is 18.2 Å². The van der Waals surface area contributed by atoms with Crippen molar-refractivity contribution < 1.29 is 4.79 Å². The van der Waals surface area contributed by atoms with Gasteiger partial charge in [0.05, 0.1) is 4.83 Å². The molecule has 0 bridgehead atoms. The Bertz CT molecular complexity index is 340. The minimum Gasteiger partial charge on any atom is -0.399 e. The van der Waals surface area contributed by atoms with Crippen molar-refractivity contribution in [3.8, 4) is 0 Å². The molecule has 0 aromatic heterocycles. The van der Waals surface area contributed by atoms with Crippen LogP contribution in [0.3, 0.4) is 0 Å². The van der Waals surface area contributed by atoms with Crippen LogP contribution < -0.4 is 5.73 Å². The molecular weight excluding hydrogens is 345 g/mol. The first-order chi connectivity index (χ1) is 6.02. The average Bonchev–Trinajstić information content (AvgIpc) is 2.03. The summed E-state index contributed by atoms with van der Waals surface area (Å²) in [6.07, 6.45) is 0. The van der Waals surface area contributed by atoms with Crippen LogP contribution in [0.4, 0.5) is 5.69 Å². The lowest BCUT2D eigenvalue weighted by Crippen LogP contribution is -2.03. The molecule has 1 rings (SSSR count). The molecule has 0 heterocycles. The molecule has 1 aromatic carbocycles. The summed E-state index contributed by atoms with van der Waals surface area (Å²) in [5.74, 6) is 0.0997. The van der Waals surface area contributed by atoms with Gasteiger partial charge < -0.3 is 5.73 Å². The Balaban J connectivity index is 3.08. The number of anilines is 1. The predicted molar refractivity (Wildman–Crippen MR) is 65.9 cm³/mol. The Morgan fingerprint density at radius 3 is 2.69 bits per heavy atom. The Labute approximate surface area is 99.2 Å². The molecule has 0 saturated heterocycles. The Kier molecular flexibility index (Phi) is 3.73. The zero-order valence-corrected chi connectivity index (χ0v) is 10.8. The zero-order valence-electron chi connectivity index (χ0n) is 7.05. The zero-order chi connectivity index (χ0) is 10.0. The van der Waals surface area contributed by atoms with E-state index in [4.69, 9.17) is 5.73 Å². The molecule has 0 spiro atoms. The van der Waals surface area contributed by atoms with Crippen molar-refractivity contribution in [2.75, 3.05) is 5.73 Å². The molecule has 0 aliphatic rings. The fraction of sp³-hybridized carbons (Fsp3) is 0.222. The number of hydrogen-bond donors (Lipinski definition) is 1. The fourth-order valence-electron chi connectivity index (χ4n) is 0.968. The molecule has 1 atom stereocenters. The summed E-state index contributed by atoms with van der Waals surface area (Å²) in [6.45, 7) is 1.56. The summed E-state index contributed by atoms with van der Waals surface area (Å²) in [7, 11) is 0. The molecule has 4 heteroatoms. The van der Waals surface area contributed by atoms with E-state index < -0.39 is 0 Å². The first kappa shape index (κ1) is 11.0. The molecule has 1 unspecified atom stereocenters. The third-order valence-electron chi connectivity index (χ3n) is 1.65. The highest BCUT2D eigenvalue weighted by molar-refractivity contribution is 14.1. The quantitative estimate of drug-likeness (QED) is 0.504. The van der Waals surface area contributed by atoms with Gasteiger partial charge in [-0.2, -0.15) is 0 Å². The van der Waals surface area contributed by atoms with Crippen molar-refractivity contribution in [2.45, 2.75) is 11.8 Å². The lowest BCUT2D eigenvalue weighted by atomic mass is 10.1. The molecule has 0 aliphatic heterocycles. The maximum atomic E-state index is 11.1. The van der Waals surface area contributed by atoms with E-state index in [-0.39, 0.29) is 10.6 Å². The van der Waals surface area contributed by atoms with Gasteiger partial charge in [-0.25, -0.2) is 0 Å². The van der Waals surface area contributed by atoms with Crippen LogP contribution in [-0.2, 0) is 4.79 Å². The van der Waals surface area contributed by atoms with Crippen LogP contribution in [0.2, 0.25) is 0 Å². The van der Waals surface area contributed by atoms with E-state index in [0.29, 0.717) is 0 Å². The third-order valence-corrected chi connectivity index (χ3v) is 3.73. The minimum absolute atomic E-state index is 0.0997. The van der Waals surface area contributed by atoms with Gasteiger partial charge in [0, 0.05) is 9.26 Å². The highest BCUT2D eigenvalue weighted by Gasteiger charge is 2.15. The lowest BCUT2D eigenvalue weighted by Gasteiger charge is -2.09. The standard InChI is InChI=1S/C9H9BrINO/c1-5(13)9(10)7-3-2-6(12)4-8(7)11/h2-4,9H,12H2,1H3. The number of ketones is 1. The Hall–Kier alpha value is -0.100. The molecule has 2 nitrogen and oxygen atoms in total. The molecule has 13 heavy (non-hydrogen) atoms. The number of Topliss-reactive ketones (excluding diaryl/α,β-unsaturated/α-hetero) is 1. The monoisotopic (exact) mass is 353 g/mol. The number of rotatable bonds is 2. The van der Waals surface area contributed by atoms with Gasteiger partial charge in [-0.05, 0) is 47.2 Å². The number of alkyl halides is 1. The maximum absolute atomic E-state index is 11.1. The number of hydrogen-bond acceptors (Lipinski definition) is 2. The van der Waals surface area contributed by atoms with Crippen molar-refractivity contribution in [2.24, 2.45) is 0 Å². The molecule has 0 fully saturated rings. The second kappa shape index (κ2) is 4.41. The van der Waals surface area contributed by atoms with Crippen LogP contribution in [0.1, 0.15) is 17.3 Å². The van der Waals surface area contributed by atoms with Gasteiger partial charge in [0.2, 0.25) is 0 Å². The third kappa shape index (κ3) is 2.67. The largest absolute Gasteiger partial charge is 0.399 e. The second-order valence-corrected chi connectivity index (χ2v) is 4.83. The number of halogens is 2. The number of carbonyl (C=O) groups is 1. The van der Waals surface area contributed by atoms with Gasteiger partial charge in [-0.15, -0.1) is 0 Å². The van der Waals surface area contributed by atoms with E-state index in [1.807, 2.05) is 12.1 Å². The summed E-state index contributed by atoms with van der Waals surface area (Å²) in [6, 6.07) is 5.53. The Morgan fingerprint density at radius 2 is 2.23 bits per heavy atom. The maximum Gasteiger partial charge on any atom is 0.147 e. The number of carbonyl (C=O) groups excluding carboxylic acids is 1. The molecule has 0 saturated carbocycles. The second-order valence-electron chi connectivity index (χ2n) is 2.75. The predicted octanol–water partition coefficient (Wildman–Crippen LogP) is 2.90. The topological polar surface area (TPSA) is 43.1 Å². The summed E-state index contributed by atoms with van der Waals surface area (Å²) in [5, 5.41) is 0. The van der Waals surface area contributed by atoms with Crippen molar-refractivity contribution in [1.82, 2.24) is 0 Å². The van der Waals surface area contributed by atoms with E-state index in [9.17, 15) is 4.79 Å². The van der Waals surface area contributed by atoms with Crippen LogP contribution in [0.5, 0.6) is 0 Å². The summed E-state index contributed by atoms with van der Waals surface area (Å²) in [5.41, 5.74) is 7.29. The van der Waals surface area contributed by atoms with Gasteiger partial charge in [0.25, 0.3) is 0 Å². The van der Waals surface area contributed by atoms with E-state index in [2.05, 4.69) is 38.5 Å². The van der Waals surface area contributed by atoms with Gasteiger partial charge >= 0.3 is 0 Å². The SMILES string of the molecule is CC(=O)C(Br)c1ccc(N)cc1I. The van der Waals surface area contributed by atoms with Crippen molar-refractivity contribution >= 4 is 50.0 Å². The van der Waals surface area contributed by atoms with Gasteiger partial charge in [0.1, 0.15) is 5.78 Å². The van der Waals surface area contributed by atoms with Crippen LogP contribution in [-0.4, -0.2) is 5.78 Å². The summed E-state index contributed by atoms with van der Waals surface area (Å²) >= 11 is 5.50. The highest BCUT2D eigenvalue weighted by Crippen LogP contribution is 2.29. The molecule has 0 amide bonds. The molecule has 0 aliphatic carbocycles.